The van der Waals surface area contributed by atoms with Crippen molar-refractivity contribution in [2.45, 2.75) is 32.4 Å². The monoisotopic (exact) mass is 576 g/mol. The topological polar surface area (TPSA) is 58.6 Å². The van der Waals surface area contributed by atoms with Gasteiger partial charge in [0.1, 0.15) is 11.8 Å². The summed E-state index contributed by atoms with van der Waals surface area (Å²) in [6, 6.07) is 21.4. The van der Waals surface area contributed by atoms with Gasteiger partial charge in [-0.25, -0.2) is 0 Å². The summed E-state index contributed by atoms with van der Waals surface area (Å²) >= 11 is 15.7. The van der Waals surface area contributed by atoms with Crippen LogP contribution in [-0.2, 0) is 22.6 Å². The van der Waals surface area contributed by atoms with Crippen molar-refractivity contribution in [3.05, 3.63) is 98.4 Å². The highest BCUT2D eigenvalue weighted by Crippen LogP contribution is 2.27. The van der Waals surface area contributed by atoms with E-state index in [9.17, 15) is 9.59 Å². The number of carbonyl (C=O) groups excluding carboxylic acids is 2. The molecule has 3 aromatic carbocycles. The van der Waals surface area contributed by atoms with Crippen LogP contribution in [0.1, 0.15) is 24.5 Å². The number of nitrogens with zero attached hydrogens (tertiary/aromatic N) is 1. The van der Waals surface area contributed by atoms with E-state index < -0.39 is 6.04 Å². The highest BCUT2D eigenvalue weighted by atomic mass is 79.9. The van der Waals surface area contributed by atoms with Crippen LogP contribution in [0.25, 0.3) is 0 Å². The number of carbonyl (C=O) groups is 2. The molecule has 2 amide bonds. The average molecular weight is 578 g/mol. The number of halogens is 3. The van der Waals surface area contributed by atoms with Crippen LogP contribution in [0.4, 0.5) is 0 Å². The highest BCUT2D eigenvalue weighted by molar-refractivity contribution is 9.10. The van der Waals surface area contributed by atoms with Gasteiger partial charge in [-0.15, -0.1) is 0 Å². The van der Waals surface area contributed by atoms with E-state index in [1.54, 1.807) is 23.1 Å². The molecule has 3 aromatic rings. The van der Waals surface area contributed by atoms with E-state index in [0.717, 1.165) is 22.0 Å². The fourth-order valence-corrected chi connectivity index (χ4v) is 4.48. The molecule has 184 valence electrons. The maximum atomic E-state index is 13.5. The van der Waals surface area contributed by atoms with Crippen molar-refractivity contribution < 1.29 is 14.3 Å². The predicted octanol–water partition coefficient (Wildman–Crippen LogP) is 6.30. The van der Waals surface area contributed by atoms with Crippen LogP contribution < -0.4 is 10.1 Å². The molecule has 5 nitrogen and oxygen atoms in total. The number of benzene rings is 3. The SMILES string of the molecule is CCCNC(=O)C(Cc1ccccc1)N(Cc1cccc(Br)c1)C(=O)COc1ccc(Cl)cc1Cl. The number of hydrogen-bond donors (Lipinski definition) is 1. The lowest BCUT2D eigenvalue weighted by molar-refractivity contribution is -0.142. The molecule has 0 radical (unpaired) electrons. The third-order valence-corrected chi connectivity index (χ3v) is 6.33. The van der Waals surface area contributed by atoms with Gasteiger partial charge in [-0.2, -0.15) is 0 Å². The van der Waals surface area contributed by atoms with E-state index in [4.69, 9.17) is 27.9 Å². The molecule has 1 N–H and O–H groups in total. The molecule has 0 saturated carbocycles. The Morgan fingerprint density at radius 1 is 1.00 bits per heavy atom. The minimum atomic E-state index is -0.722. The normalized spacial score (nSPS) is 11.5. The van der Waals surface area contributed by atoms with Crippen molar-refractivity contribution in [1.82, 2.24) is 10.2 Å². The van der Waals surface area contributed by atoms with Crippen LogP contribution in [0.2, 0.25) is 10.0 Å². The van der Waals surface area contributed by atoms with Crippen LogP contribution >= 0.6 is 39.1 Å². The minimum absolute atomic E-state index is 0.205. The van der Waals surface area contributed by atoms with Gasteiger partial charge in [-0.3, -0.25) is 9.59 Å². The van der Waals surface area contributed by atoms with E-state index in [1.807, 2.05) is 61.5 Å². The summed E-state index contributed by atoms with van der Waals surface area (Å²) in [6.07, 6.45) is 1.17. The van der Waals surface area contributed by atoms with Gasteiger partial charge in [0.2, 0.25) is 5.91 Å². The Morgan fingerprint density at radius 2 is 1.74 bits per heavy atom. The van der Waals surface area contributed by atoms with Gasteiger partial charge in [-0.05, 0) is 47.9 Å². The summed E-state index contributed by atoms with van der Waals surface area (Å²) in [7, 11) is 0. The first-order chi connectivity index (χ1) is 16.9. The summed E-state index contributed by atoms with van der Waals surface area (Å²) < 4.78 is 6.62. The van der Waals surface area contributed by atoms with E-state index in [2.05, 4.69) is 21.2 Å². The lowest BCUT2D eigenvalue weighted by Gasteiger charge is -2.31. The molecule has 0 fully saturated rings. The molecular formula is C27H27BrCl2N2O3. The number of nitrogens with one attached hydrogen (secondary N) is 1. The number of amides is 2. The fraction of sp³-hybridized carbons (Fsp3) is 0.259. The molecule has 0 aliphatic carbocycles. The van der Waals surface area contributed by atoms with Gasteiger partial charge >= 0.3 is 0 Å². The van der Waals surface area contributed by atoms with Crippen LogP contribution in [0, 0.1) is 0 Å². The Morgan fingerprint density at radius 3 is 2.43 bits per heavy atom. The molecular weight excluding hydrogens is 551 g/mol. The lowest BCUT2D eigenvalue weighted by atomic mass is 10.0. The van der Waals surface area contributed by atoms with E-state index >= 15 is 0 Å². The third kappa shape index (κ3) is 8.27. The fourth-order valence-electron chi connectivity index (χ4n) is 3.57. The van der Waals surface area contributed by atoms with Crippen molar-refractivity contribution in [2.75, 3.05) is 13.2 Å². The Hall–Kier alpha value is -2.54. The molecule has 3 rings (SSSR count). The molecule has 0 bridgehead atoms. The maximum Gasteiger partial charge on any atom is 0.261 e. The van der Waals surface area contributed by atoms with Gasteiger partial charge in [0, 0.05) is 29.0 Å². The molecule has 0 aliphatic heterocycles. The molecule has 1 unspecified atom stereocenters. The summed E-state index contributed by atoms with van der Waals surface area (Å²) in [6.45, 7) is 2.48. The third-order valence-electron chi connectivity index (χ3n) is 5.31. The second kappa shape index (κ2) is 13.5. The van der Waals surface area contributed by atoms with Crippen molar-refractivity contribution >= 4 is 50.9 Å². The van der Waals surface area contributed by atoms with Crippen molar-refractivity contribution in [3.8, 4) is 5.75 Å². The summed E-state index contributed by atoms with van der Waals surface area (Å²) in [5.74, 6) is -0.186. The number of ether oxygens (including phenoxy) is 1. The quantitative estimate of drug-likeness (QED) is 0.291. The van der Waals surface area contributed by atoms with Gasteiger partial charge in [-0.1, -0.05) is 88.5 Å². The second-order valence-electron chi connectivity index (χ2n) is 8.01. The first-order valence-corrected chi connectivity index (χ1v) is 12.9. The summed E-state index contributed by atoms with van der Waals surface area (Å²) in [5.41, 5.74) is 1.84. The van der Waals surface area contributed by atoms with E-state index in [1.165, 1.54) is 0 Å². The molecule has 8 heteroatoms. The van der Waals surface area contributed by atoms with Crippen molar-refractivity contribution in [3.63, 3.8) is 0 Å². The van der Waals surface area contributed by atoms with Crippen LogP contribution in [0.5, 0.6) is 5.75 Å². The Bertz CT molecular complexity index is 1140. The average Bonchev–Trinajstić information content (AvgIpc) is 2.84. The largest absolute Gasteiger partial charge is 0.482 e. The molecule has 0 saturated heterocycles. The summed E-state index contributed by atoms with van der Waals surface area (Å²) in [4.78, 5) is 28.4. The summed E-state index contributed by atoms with van der Waals surface area (Å²) in [5, 5.41) is 3.74. The van der Waals surface area contributed by atoms with Gasteiger partial charge in [0.05, 0.1) is 5.02 Å². The first kappa shape index (κ1) is 27.1. The van der Waals surface area contributed by atoms with Crippen LogP contribution in [-0.4, -0.2) is 35.9 Å². The molecule has 0 aliphatic rings. The lowest BCUT2D eigenvalue weighted by Crippen LogP contribution is -2.51. The van der Waals surface area contributed by atoms with Crippen molar-refractivity contribution in [2.24, 2.45) is 0 Å². The van der Waals surface area contributed by atoms with Crippen LogP contribution in [0.3, 0.4) is 0 Å². The van der Waals surface area contributed by atoms with Crippen molar-refractivity contribution in [1.29, 1.82) is 0 Å². The smallest absolute Gasteiger partial charge is 0.261 e. The number of rotatable bonds is 11. The van der Waals surface area contributed by atoms with Gasteiger partial charge in [0.25, 0.3) is 5.91 Å². The Balaban J connectivity index is 1.90. The molecule has 0 heterocycles. The minimum Gasteiger partial charge on any atom is -0.482 e. The van der Waals surface area contributed by atoms with Gasteiger partial charge in [0.15, 0.2) is 6.61 Å². The van der Waals surface area contributed by atoms with Gasteiger partial charge < -0.3 is 15.0 Å². The standard InChI is InChI=1S/C27H27BrCl2N2O3/c1-2-13-31-27(34)24(15-19-7-4-3-5-8-19)32(17-20-9-6-10-21(28)14-20)26(33)18-35-25-12-11-22(29)16-23(25)30/h3-12,14,16,24H,2,13,15,17-18H2,1H3,(H,31,34). The molecule has 0 aromatic heterocycles. The maximum absolute atomic E-state index is 13.5. The zero-order chi connectivity index (χ0) is 25.2. The second-order valence-corrected chi connectivity index (χ2v) is 9.77. The molecule has 1 atom stereocenters. The molecule has 35 heavy (non-hydrogen) atoms. The highest BCUT2D eigenvalue weighted by Gasteiger charge is 2.30. The first-order valence-electron chi connectivity index (χ1n) is 11.3. The Labute approximate surface area is 224 Å². The van der Waals surface area contributed by atoms with E-state index in [-0.39, 0.29) is 25.0 Å². The predicted molar refractivity (Wildman–Crippen MR) is 144 cm³/mol. The van der Waals surface area contributed by atoms with E-state index in [0.29, 0.717) is 28.8 Å². The number of hydrogen-bond acceptors (Lipinski definition) is 3. The Kier molecular flexibility index (Phi) is 10.5. The zero-order valence-electron chi connectivity index (χ0n) is 19.3. The van der Waals surface area contributed by atoms with Crippen LogP contribution in [0.15, 0.2) is 77.3 Å². The zero-order valence-corrected chi connectivity index (χ0v) is 22.4. The molecule has 0 spiro atoms.